The van der Waals surface area contributed by atoms with Crippen molar-refractivity contribution < 1.29 is 9.53 Å². The van der Waals surface area contributed by atoms with E-state index in [2.05, 4.69) is 10.6 Å². The van der Waals surface area contributed by atoms with Gasteiger partial charge in [-0.1, -0.05) is 6.07 Å². The molecule has 4 N–H and O–H groups in total. The number of urea groups is 1. The molecule has 18 heavy (non-hydrogen) atoms. The van der Waals surface area contributed by atoms with E-state index in [4.69, 9.17) is 10.5 Å². The fraction of sp³-hybridized carbons (Fsp3) is 0.462. The monoisotopic (exact) mass is 247 g/mol. The number of nitrogen functional groups attached to an aromatic ring is 1. The van der Waals surface area contributed by atoms with E-state index in [1.165, 1.54) is 0 Å². The van der Waals surface area contributed by atoms with Gasteiger partial charge < -0.3 is 21.1 Å². The first-order chi connectivity index (χ1) is 8.70. The summed E-state index contributed by atoms with van der Waals surface area (Å²) in [7, 11) is 0. The number of carbonyl (C=O) groups is 1. The fourth-order valence-electron chi connectivity index (χ4n) is 2.74. The smallest absolute Gasteiger partial charge is 0.319 e. The van der Waals surface area contributed by atoms with Crippen molar-refractivity contribution in [3.05, 3.63) is 24.3 Å². The standard InChI is InChI=1S/C13H17N3O2/c14-8-2-1-3-9(6-8)15-13(17)16-11-7-10-4-5-12(11)18-10/h1-3,6,10-12H,4-5,7,14H2,(H2,15,16,17). The predicted octanol–water partition coefficient (Wildman–Crippen LogP) is 1.71. The molecule has 0 saturated carbocycles. The Hall–Kier alpha value is -1.75. The number of hydrogen-bond acceptors (Lipinski definition) is 3. The second-order valence-corrected chi connectivity index (χ2v) is 4.94. The van der Waals surface area contributed by atoms with Crippen LogP contribution in [0.25, 0.3) is 0 Å². The molecule has 0 radical (unpaired) electrons. The van der Waals surface area contributed by atoms with Gasteiger partial charge in [0, 0.05) is 11.4 Å². The maximum Gasteiger partial charge on any atom is 0.319 e. The van der Waals surface area contributed by atoms with Gasteiger partial charge in [0.25, 0.3) is 0 Å². The van der Waals surface area contributed by atoms with Gasteiger partial charge in [-0.05, 0) is 37.5 Å². The lowest BCUT2D eigenvalue weighted by Gasteiger charge is -2.20. The molecule has 3 rings (SSSR count). The minimum atomic E-state index is -0.193. The van der Waals surface area contributed by atoms with Gasteiger partial charge in [-0.25, -0.2) is 4.79 Å². The van der Waals surface area contributed by atoms with Gasteiger partial charge >= 0.3 is 6.03 Å². The number of rotatable bonds is 2. The fourth-order valence-corrected chi connectivity index (χ4v) is 2.74. The Balaban J connectivity index is 1.56. The maximum absolute atomic E-state index is 11.8. The van der Waals surface area contributed by atoms with Crippen molar-refractivity contribution in [1.29, 1.82) is 0 Å². The molecule has 5 nitrogen and oxygen atoms in total. The maximum atomic E-state index is 11.8. The molecule has 3 unspecified atom stereocenters. The predicted molar refractivity (Wildman–Crippen MR) is 69.3 cm³/mol. The van der Waals surface area contributed by atoms with Crippen LogP contribution in [-0.2, 0) is 4.74 Å². The van der Waals surface area contributed by atoms with Crippen LogP contribution < -0.4 is 16.4 Å². The van der Waals surface area contributed by atoms with E-state index in [0.717, 1.165) is 19.3 Å². The number of anilines is 2. The number of hydrogen-bond donors (Lipinski definition) is 3. The average molecular weight is 247 g/mol. The Morgan fingerprint density at radius 2 is 2.28 bits per heavy atom. The van der Waals surface area contributed by atoms with E-state index >= 15 is 0 Å². The van der Waals surface area contributed by atoms with E-state index in [0.29, 0.717) is 17.5 Å². The van der Waals surface area contributed by atoms with E-state index in [-0.39, 0.29) is 18.2 Å². The number of ether oxygens (including phenoxy) is 1. The summed E-state index contributed by atoms with van der Waals surface area (Å²) in [6.45, 7) is 0. The number of benzene rings is 1. The molecule has 0 aliphatic carbocycles. The van der Waals surface area contributed by atoms with Crippen molar-refractivity contribution in [2.24, 2.45) is 0 Å². The number of fused-ring (bicyclic) bond motifs is 2. The molecule has 2 saturated heterocycles. The number of nitrogens with one attached hydrogen (secondary N) is 2. The summed E-state index contributed by atoms with van der Waals surface area (Å²) in [6.07, 6.45) is 3.64. The lowest BCUT2D eigenvalue weighted by Crippen LogP contribution is -2.43. The molecule has 2 aliphatic heterocycles. The van der Waals surface area contributed by atoms with Crippen LogP contribution in [0.1, 0.15) is 19.3 Å². The third-order valence-corrected chi connectivity index (χ3v) is 3.57. The summed E-state index contributed by atoms with van der Waals surface area (Å²) >= 11 is 0. The Kier molecular flexibility index (Phi) is 2.83. The van der Waals surface area contributed by atoms with Gasteiger partial charge in [0.2, 0.25) is 0 Å². The molecular weight excluding hydrogens is 230 g/mol. The molecule has 2 fully saturated rings. The molecule has 2 heterocycles. The zero-order valence-corrected chi connectivity index (χ0v) is 10.1. The third-order valence-electron chi connectivity index (χ3n) is 3.57. The quantitative estimate of drug-likeness (QED) is 0.696. The minimum absolute atomic E-state index is 0.143. The van der Waals surface area contributed by atoms with Crippen LogP contribution in [0.2, 0.25) is 0 Å². The zero-order chi connectivity index (χ0) is 12.5. The lowest BCUT2D eigenvalue weighted by molar-refractivity contribution is 0.0984. The molecule has 2 amide bonds. The highest BCUT2D eigenvalue weighted by Crippen LogP contribution is 2.34. The Morgan fingerprint density at radius 1 is 1.39 bits per heavy atom. The van der Waals surface area contributed by atoms with Crippen LogP contribution in [0.4, 0.5) is 16.2 Å². The molecular formula is C13H17N3O2. The zero-order valence-electron chi connectivity index (χ0n) is 10.1. The van der Waals surface area contributed by atoms with Crippen molar-refractivity contribution in [2.45, 2.75) is 37.5 Å². The van der Waals surface area contributed by atoms with E-state index < -0.39 is 0 Å². The van der Waals surface area contributed by atoms with Crippen molar-refractivity contribution in [2.75, 3.05) is 11.1 Å². The van der Waals surface area contributed by atoms with Gasteiger partial charge in [-0.15, -0.1) is 0 Å². The molecule has 2 aliphatic rings. The highest BCUT2D eigenvalue weighted by molar-refractivity contribution is 5.90. The van der Waals surface area contributed by atoms with Crippen LogP contribution in [0, 0.1) is 0 Å². The third kappa shape index (κ3) is 2.26. The Labute approximate surface area is 106 Å². The number of nitrogens with two attached hydrogens (primary N) is 1. The lowest BCUT2D eigenvalue weighted by atomic mass is 9.96. The second kappa shape index (κ2) is 4.49. The van der Waals surface area contributed by atoms with Crippen molar-refractivity contribution in [3.63, 3.8) is 0 Å². The van der Waals surface area contributed by atoms with E-state index in [1.54, 1.807) is 12.1 Å². The summed E-state index contributed by atoms with van der Waals surface area (Å²) in [4.78, 5) is 11.8. The van der Waals surface area contributed by atoms with Gasteiger partial charge in [0.15, 0.2) is 0 Å². The van der Waals surface area contributed by atoms with Crippen LogP contribution in [0.3, 0.4) is 0 Å². The first kappa shape index (κ1) is 11.3. The van der Waals surface area contributed by atoms with Gasteiger partial charge in [0.1, 0.15) is 0 Å². The van der Waals surface area contributed by atoms with Crippen molar-refractivity contribution in [3.8, 4) is 0 Å². The second-order valence-electron chi connectivity index (χ2n) is 4.94. The number of amides is 2. The van der Waals surface area contributed by atoms with Crippen LogP contribution in [0.15, 0.2) is 24.3 Å². The van der Waals surface area contributed by atoms with Crippen LogP contribution >= 0.6 is 0 Å². The topological polar surface area (TPSA) is 76.4 Å². The molecule has 1 aromatic carbocycles. The number of carbonyl (C=O) groups excluding carboxylic acids is 1. The van der Waals surface area contributed by atoms with E-state index in [9.17, 15) is 4.79 Å². The van der Waals surface area contributed by atoms with Crippen molar-refractivity contribution in [1.82, 2.24) is 5.32 Å². The van der Waals surface area contributed by atoms with Gasteiger partial charge in [0.05, 0.1) is 18.2 Å². The van der Waals surface area contributed by atoms with Gasteiger partial charge in [-0.2, -0.15) is 0 Å². The molecule has 96 valence electrons. The average Bonchev–Trinajstić information content (AvgIpc) is 2.90. The summed E-state index contributed by atoms with van der Waals surface area (Å²) in [6, 6.07) is 7.09. The first-order valence-electron chi connectivity index (χ1n) is 6.29. The van der Waals surface area contributed by atoms with E-state index in [1.807, 2.05) is 12.1 Å². The molecule has 0 aromatic heterocycles. The summed E-state index contributed by atoms with van der Waals surface area (Å²) in [5, 5.41) is 5.75. The highest BCUT2D eigenvalue weighted by Gasteiger charge is 2.41. The summed E-state index contributed by atoms with van der Waals surface area (Å²) < 4.78 is 5.69. The van der Waals surface area contributed by atoms with Gasteiger partial charge in [-0.3, -0.25) is 0 Å². The molecule has 2 bridgehead atoms. The Bertz CT molecular complexity index is 463. The summed E-state index contributed by atoms with van der Waals surface area (Å²) in [5.41, 5.74) is 7.00. The first-order valence-corrected chi connectivity index (χ1v) is 6.29. The molecule has 0 spiro atoms. The van der Waals surface area contributed by atoms with Crippen LogP contribution in [-0.4, -0.2) is 24.3 Å². The largest absolute Gasteiger partial charge is 0.399 e. The normalized spacial score (nSPS) is 29.2. The molecule has 5 heteroatoms. The van der Waals surface area contributed by atoms with Crippen molar-refractivity contribution >= 4 is 17.4 Å². The summed E-state index contributed by atoms with van der Waals surface area (Å²) in [5.74, 6) is 0. The molecule has 1 aromatic rings. The highest BCUT2D eigenvalue weighted by atomic mass is 16.5. The minimum Gasteiger partial charge on any atom is -0.399 e. The molecule has 3 atom stereocenters. The Morgan fingerprint density at radius 3 is 2.94 bits per heavy atom. The van der Waals surface area contributed by atoms with Crippen LogP contribution in [0.5, 0.6) is 0 Å². The SMILES string of the molecule is Nc1cccc(NC(=O)NC2CC3CCC2O3)c1.